The van der Waals surface area contributed by atoms with Gasteiger partial charge in [-0.2, -0.15) is 4.73 Å². The van der Waals surface area contributed by atoms with Crippen molar-refractivity contribution in [3.63, 3.8) is 0 Å². The first-order valence-corrected chi connectivity index (χ1v) is 6.11. The average Bonchev–Trinajstić information content (AvgIpc) is 2.47. The van der Waals surface area contributed by atoms with Gasteiger partial charge in [0.25, 0.3) is 0 Å². The van der Waals surface area contributed by atoms with Gasteiger partial charge in [0, 0.05) is 6.07 Å². The third-order valence-electron chi connectivity index (χ3n) is 3.27. The number of rotatable bonds is 2. The first kappa shape index (κ1) is 11.7. The van der Waals surface area contributed by atoms with Crippen LogP contribution in [-0.2, 0) is 6.61 Å². The van der Waals surface area contributed by atoms with Crippen molar-refractivity contribution >= 4 is 10.8 Å². The Bertz CT molecular complexity index is 738. The third-order valence-corrected chi connectivity index (χ3v) is 3.27. The molecule has 94 valence electrons. The predicted molar refractivity (Wildman–Crippen MR) is 74.3 cm³/mol. The highest BCUT2D eigenvalue weighted by Crippen LogP contribution is 2.27. The second-order valence-corrected chi connectivity index (χ2v) is 4.39. The topological polar surface area (TPSA) is 47.2 Å². The normalized spacial score (nSPS) is 10.8. The summed E-state index contributed by atoms with van der Waals surface area (Å²) in [6.07, 6.45) is 1.51. The number of nitrogens with zero attached hydrogens (tertiary/aromatic N) is 1. The van der Waals surface area contributed by atoms with Crippen molar-refractivity contribution in [3.8, 4) is 11.3 Å². The SMILES string of the molecule is [O-][n+]1ccc2ccccc2c1-c1ccccc1CO. The molecule has 3 heteroatoms. The molecule has 0 aliphatic heterocycles. The largest absolute Gasteiger partial charge is 0.618 e. The first-order valence-electron chi connectivity index (χ1n) is 6.11. The van der Waals surface area contributed by atoms with E-state index in [1.807, 2.05) is 48.5 Å². The first-order chi connectivity index (χ1) is 9.31. The lowest BCUT2D eigenvalue weighted by Crippen LogP contribution is -2.28. The molecule has 0 spiro atoms. The maximum absolute atomic E-state index is 12.1. The Hall–Kier alpha value is -2.39. The van der Waals surface area contributed by atoms with E-state index in [1.54, 1.807) is 6.07 Å². The predicted octanol–water partition coefficient (Wildman–Crippen LogP) is 2.63. The molecule has 3 nitrogen and oxygen atoms in total. The summed E-state index contributed by atoms with van der Waals surface area (Å²) < 4.78 is 0.858. The van der Waals surface area contributed by atoms with Crippen molar-refractivity contribution in [1.29, 1.82) is 0 Å². The monoisotopic (exact) mass is 251 g/mol. The Morgan fingerprint density at radius 3 is 2.53 bits per heavy atom. The van der Waals surface area contributed by atoms with Gasteiger partial charge in [-0.15, -0.1) is 0 Å². The van der Waals surface area contributed by atoms with Gasteiger partial charge in [0.15, 0.2) is 6.20 Å². The molecule has 3 rings (SSSR count). The van der Waals surface area contributed by atoms with E-state index in [9.17, 15) is 10.3 Å². The minimum Gasteiger partial charge on any atom is -0.618 e. The van der Waals surface area contributed by atoms with Crippen LogP contribution in [0.2, 0.25) is 0 Å². The average molecular weight is 251 g/mol. The lowest BCUT2D eigenvalue weighted by molar-refractivity contribution is -0.592. The molecule has 0 radical (unpaired) electrons. The summed E-state index contributed by atoms with van der Waals surface area (Å²) in [7, 11) is 0. The summed E-state index contributed by atoms with van der Waals surface area (Å²) in [6.45, 7) is -0.0839. The molecule has 1 N–H and O–H groups in total. The van der Waals surface area contributed by atoms with Gasteiger partial charge in [-0.05, 0) is 23.1 Å². The maximum atomic E-state index is 12.1. The van der Waals surface area contributed by atoms with Gasteiger partial charge in [-0.3, -0.25) is 0 Å². The van der Waals surface area contributed by atoms with Crippen molar-refractivity contribution in [1.82, 2.24) is 0 Å². The molecular formula is C16H13NO2. The number of hydrogen-bond acceptors (Lipinski definition) is 2. The number of aliphatic hydroxyl groups excluding tert-OH is 1. The number of pyridine rings is 1. The highest BCUT2D eigenvalue weighted by atomic mass is 16.5. The Balaban J connectivity index is 2.38. The van der Waals surface area contributed by atoms with Gasteiger partial charge in [-0.25, -0.2) is 0 Å². The molecule has 0 unspecified atom stereocenters. The van der Waals surface area contributed by atoms with Crippen LogP contribution in [0.3, 0.4) is 0 Å². The summed E-state index contributed by atoms with van der Waals surface area (Å²) in [5.74, 6) is 0. The zero-order chi connectivity index (χ0) is 13.2. The summed E-state index contributed by atoms with van der Waals surface area (Å²) in [5, 5.41) is 23.5. The quantitative estimate of drug-likeness (QED) is 0.562. The minimum atomic E-state index is -0.0839. The van der Waals surface area contributed by atoms with Crippen molar-refractivity contribution in [2.45, 2.75) is 6.61 Å². The van der Waals surface area contributed by atoms with Gasteiger partial charge in [0.1, 0.15) is 0 Å². The molecule has 0 bridgehead atoms. The zero-order valence-electron chi connectivity index (χ0n) is 10.3. The maximum Gasteiger partial charge on any atom is 0.232 e. The van der Waals surface area contributed by atoms with Crippen LogP contribution < -0.4 is 4.73 Å². The molecule has 1 aromatic heterocycles. The van der Waals surface area contributed by atoms with Crippen molar-refractivity contribution in [2.75, 3.05) is 0 Å². The van der Waals surface area contributed by atoms with Crippen LogP contribution >= 0.6 is 0 Å². The molecule has 0 amide bonds. The molecule has 0 saturated heterocycles. The highest BCUT2D eigenvalue weighted by molar-refractivity contribution is 5.93. The van der Waals surface area contributed by atoms with Crippen LogP contribution in [0.4, 0.5) is 0 Å². The van der Waals surface area contributed by atoms with E-state index in [2.05, 4.69) is 0 Å². The summed E-state index contributed by atoms with van der Waals surface area (Å²) >= 11 is 0. The van der Waals surface area contributed by atoms with Crippen LogP contribution in [0.15, 0.2) is 60.8 Å². The molecule has 0 saturated carbocycles. The van der Waals surface area contributed by atoms with Crippen molar-refractivity contribution in [3.05, 3.63) is 71.6 Å². The van der Waals surface area contributed by atoms with E-state index in [-0.39, 0.29) is 6.61 Å². The Morgan fingerprint density at radius 1 is 0.947 bits per heavy atom. The summed E-state index contributed by atoms with van der Waals surface area (Å²) in [5.41, 5.74) is 2.11. The number of benzene rings is 2. The van der Waals surface area contributed by atoms with E-state index >= 15 is 0 Å². The second-order valence-electron chi connectivity index (χ2n) is 4.39. The molecule has 2 aromatic carbocycles. The fourth-order valence-electron chi connectivity index (χ4n) is 2.35. The Morgan fingerprint density at radius 2 is 1.68 bits per heavy atom. The van der Waals surface area contributed by atoms with Crippen molar-refractivity contribution < 1.29 is 9.84 Å². The van der Waals surface area contributed by atoms with Crippen LogP contribution in [0.25, 0.3) is 22.0 Å². The summed E-state index contributed by atoms with van der Waals surface area (Å²) in [6, 6.07) is 17.0. The number of aliphatic hydroxyl groups is 1. The van der Waals surface area contributed by atoms with Gasteiger partial charge >= 0.3 is 0 Å². The molecule has 1 heterocycles. The van der Waals surface area contributed by atoms with E-state index in [0.29, 0.717) is 5.69 Å². The van der Waals surface area contributed by atoms with E-state index < -0.39 is 0 Å². The smallest absolute Gasteiger partial charge is 0.232 e. The molecule has 0 fully saturated rings. The van der Waals surface area contributed by atoms with Crippen LogP contribution in [-0.4, -0.2) is 5.11 Å². The summed E-state index contributed by atoms with van der Waals surface area (Å²) in [4.78, 5) is 0. The van der Waals surface area contributed by atoms with E-state index in [4.69, 9.17) is 0 Å². The zero-order valence-corrected chi connectivity index (χ0v) is 10.3. The van der Waals surface area contributed by atoms with Crippen molar-refractivity contribution in [2.24, 2.45) is 0 Å². The van der Waals surface area contributed by atoms with E-state index in [1.165, 1.54) is 6.20 Å². The van der Waals surface area contributed by atoms with Gasteiger partial charge in [0.2, 0.25) is 5.69 Å². The molecule has 0 aliphatic carbocycles. The standard InChI is InChI=1S/C16H13NO2/c18-11-13-6-2-4-8-15(13)16-14-7-3-1-5-12(14)9-10-17(16)19/h1-10,18H,11H2. The lowest BCUT2D eigenvalue weighted by Gasteiger charge is -2.10. The molecule has 0 atom stereocenters. The molecule has 0 aliphatic rings. The van der Waals surface area contributed by atoms with Gasteiger partial charge in [-0.1, -0.05) is 36.4 Å². The van der Waals surface area contributed by atoms with Crippen LogP contribution in [0.5, 0.6) is 0 Å². The molecule has 3 aromatic rings. The van der Waals surface area contributed by atoms with Crippen LogP contribution in [0.1, 0.15) is 5.56 Å². The van der Waals surface area contributed by atoms with Gasteiger partial charge in [0.05, 0.1) is 17.6 Å². The fraction of sp³-hybridized carbons (Fsp3) is 0.0625. The van der Waals surface area contributed by atoms with Crippen LogP contribution in [0, 0.1) is 5.21 Å². The third kappa shape index (κ3) is 1.94. The highest BCUT2D eigenvalue weighted by Gasteiger charge is 2.16. The minimum absolute atomic E-state index is 0.0839. The van der Waals surface area contributed by atoms with Gasteiger partial charge < -0.3 is 10.3 Å². The lowest BCUT2D eigenvalue weighted by atomic mass is 10.00. The molecule has 19 heavy (non-hydrogen) atoms. The number of hydrogen-bond donors (Lipinski definition) is 1. The number of aromatic nitrogens is 1. The van der Waals surface area contributed by atoms with E-state index in [0.717, 1.165) is 26.6 Å². The Kier molecular flexibility index (Phi) is 2.89. The Labute approximate surface area is 111 Å². The second kappa shape index (κ2) is 4.71. The fourth-order valence-corrected chi connectivity index (χ4v) is 2.35. The molecular weight excluding hydrogens is 238 g/mol. The number of fused-ring (bicyclic) bond motifs is 1.